The number of para-hydroxylation sites is 1. The van der Waals surface area contributed by atoms with Gasteiger partial charge in [-0.2, -0.15) is 0 Å². The van der Waals surface area contributed by atoms with Crippen LogP contribution in [0.25, 0.3) is 5.69 Å². The van der Waals surface area contributed by atoms with Gasteiger partial charge in [0.1, 0.15) is 11.5 Å². The highest BCUT2D eigenvalue weighted by atomic mass is 35.5. The Balaban J connectivity index is 1.73. The predicted molar refractivity (Wildman–Crippen MR) is 115 cm³/mol. The van der Waals surface area contributed by atoms with Gasteiger partial charge in [0.05, 0.1) is 17.8 Å². The van der Waals surface area contributed by atoms with Crippen LogP contribution in [0.1, 0.15) is 18.2 Å². The average molecular weight is 446 g/mol. The molecule has 1 amide bonds. The molecular weight excluding hydrogens is 425 g/mol. The van der Waals surface area contributed by atoms with E-state index in [1.165, 1.54) is 29.8 Å². The van der Waals surface area contributed by atoms with Gasteiger partial charge < -0.3 is 10.1 Å². The third-order valence-corrected chi connectivity index (χ3v) is 5.22. The van der Waals surface area contributed by atoms with Crippen LogP contribution in [0.5, 0.6) is 0 Å². The number of halogens is 2. The molecule has 2 aromatic carbocycles. The fraction of sp³-hybridized carbons (Fsp3) is 0.227. The van der Waals surface area contributed by atoms with E-state index in [0.717, 1.165) is 0 Å². The highest BCUT2D eigenvalue weighted by Crippen LogP contribution is 2.20. The topological polar surface area (TPSA) is 82.3 Å². The van der Waals surface area contributed by atoms with Crippen molar-refractivity contribution in [3.63, 3.8) is 0 Å². The molecule has 0 fully saturated rings. The van der Waals surface area contributed by atoms with E-state index in [0.29, 0.717) is 11.4 Å². The molecule has 0 radical (unpaired) electrons. The first kappa shape index (κ1) is 22.3. The summed E-state index contributed by atoms with van der Waals surface area (Å²) in [5.41, 5.74) is 0.817. The van der Waals surface area contributed by atoms with Gasteiger partial charge in [0, 0.05) is 17.6 Å². The van der Waals surface area contributed by atoms with Crippen LogP contribution >= 0.6 is 11.6 Å². The van der Waals surface area contributed by atoms with Gasteiger partial charge in [0.25, 0.3) is 11.5 Å². The van der Waals surface area contributed by atoms with Crippen molar-refractivity contribution < 1.29 is 18.7 Å². The monoisotopic (exact) mass is 445 g/mol. The Morgan fingerprint density at radius 2 is 1.84 bits per heavy atom. The highest BCUT2D eigenvalue weighted by molar-refractivity contribution is 6.31. The van der Waals surface area contributed by atoms with Crippen LogP contribution in [0.3, 0.4) is 0 Å². The zero-order valence-electron chi connectivity index (χ0n) is 17.2. The van der Waals surface area contributed by atoms with Crippen LogP contribution in [0, 0.1) is 12.7 Å². The minimum Gasteiger partial charge on any atom is -0.452 e. The number of ether oxygens (including phenoxy) is 1. The number of esters is 1. The summed E-state index contributed by atoms with van der Waals surface area (Å²) in [5.74, 6) is -2.14. The maximum absolute atomic E-state index is 13.9. The number of nitrogens with one attached hydrogen (secondary N) is 1. The first-order valence-electron chi connectivity index (χ1n) is 9.48. The molecule has 0 aliphatic carbocycles. The maximum Gasteiger partial charge on any atom is 0.311 e. The number of amides is 1. The lowest BCUT2D eigenvalue weighted by Gasteiger charge is -2.13. The van der Waals surface area contributed by atoms with Crippen molar-refractivity contribution in [2.45, 2.75) is 26.4 Å². The molecule has 1 N–H and O–H groups in total. The molecule has 1 aromatic heterocycles. The number of benzene rings is 2. The first-order valence-corrected chi connectivity index (χ1v) is 9.85. The SMILES string of the molecule is Cc1c(NC(=O)C(C)OC(=O)Cc2c(F)cccc2Cl)c(=O)n(-c2ccccc2)n1C. The fourth-order valence-electron chi connectivity index (χ4n) is 3.08. The Morgan fingerprint density at radius 1 is 1.16 bits per heavy atom. The smallest absolute Gasteiger partial charge is 0.311 e. The van der Waals surface area contributed by atoms with E-state index < -0.39 is 35.8 Å². The lowest BCUT2D eigenvalue weighted by atomic mass is 10.1. The second kappa shape index (κ2) is 9.18. The molecule has 162 valence electrons. The molecule has 0 spiro atoms. The summed E-state index contributed by atoms with van der Waals surface area (Å²) < 4.78 is 22.0. The van der Waals surface area contributed by atoms with Crippen molar-refractivity contribution in [3.05, 3.63) is 81.0 Å². The lowest BCUT2D eigenvalue weighted by Crippen LogP contribution is -2.32. The predicted octanol–water partition coefficient (Wildman–Crippen LogP) is 3.39. The number of aromatic nitrogens is 2. The van der Waals surface area contributed by atoms with Gasteiger partial charge in [-0.05, 0) is 38.1 Å². The summed E-state index contributed by atoms with van der Waals surface area (Å²) in [7, 11) is 1.70. The van der Waals surface area contributed by atoms with Gasteiger partial charge in [-0.3, -0.25) is 19.1 Å². The van der Waals surface area contributed by atoms with Crippen molar-refractivity contribution in [2.75, 3.05) is 5.32 Å². The standard InChI is InChI=1S/C22H21ClFN3O4/c1-13-20(22(30)27(26(13)3)15-8-5-4-6-9-15)25-21(29)14(2)31-19(28)12-16-17(23)10-7-11-18(16)24/h4-11,14H,12H2,1-3H3,(H,25,29). The minimum atomic E-state index is -1.21. The van der Waals surface area contributed by atoms with Crippen molar-refractivity contribution >= 4 is 29.2 Å². The summed E-state index contributed by atoms with van der Waals surface area (Å²) >= 11 is 5.92. The molecule has 1 heterocycles. The summed E-state index contributed by atoms with van der Waals surface area (Å²) in [5, 5.41) is 2.62. The van der Waals surface area contributed by atoms with Crippen LogP contribution in [0.4, 0.5) is 10.1 Å². The Hall–Kier alpha value is -3.39. The van der Waals surface area contributed by atoms with Crippen LogP contribution in [-0.4, -0.2) is 27.3 Å². The van der Waals surface area contributed by atoms with E-state index >= 15 is 0 Å². The molecule has 0 bridgehead atoms. The van der Waals surface area contributed by atoms with Crippen LogP contribution < -0.4 is 10.9 Å². The second-order valence-corrected chi connectivity index (χ2v) is 7.34. The number of hydrogen-bond acceptors (Lipinski definition) is 4. The first-order chi connectivity index (χ1) is 14.7. The number of rotatable bonds is 6. The molecule has 1 atom stereocenters. The Kier molecular flexibility index (Phi) is 6.60. The van der Waals surface area contributed by atoms with E-state index in [4.69, 9.17) is 16.3 Å². The van der Waals surface area contributed by atoms with E-state index in [2.05, 4.69) is 5.32 Å². The second-order valence-electron chi connectivity index (χ2n) is 6.93. The summed E-state index contributed by atoms with van der Waals surface area (Å²) in [4.78, 5) is 37.6. The van der Waals surface area contributed by atoms with Gasteiger partial charge in [-0.1, -0.05) is 35.9 Å². The molecule has 1 unspecified atom stereocenters. The van der Waals surface area contributed by atoms with Crippen molar-refractivity contribution in [1.29, 1.82) is 0 Å². The van der Waals surface area contributed by atoms with Gasteiger partial charge in [-0.25, -0.2) is 9.07 Å². The average Bonchev–Trinajstić information content (AvgIpc) is 2.94. The van der Waals surface area contributed by atoms with Gasteiger partial charge in [0.15, 0.2) is 6.10 Å². The molecule has 7 nitrogen and oxygen atoms in total. The van der Waals surface area contributed by atoms with E-state index in [1.807, 2.05) is 6.07 Å². The molecule has 3 rings (SSSR count). The minimum absolute atomic E-state index is 0.00794. The number of anilines is 1. The normalized spacial score (nSPS) is 11.8. The molecule has 0 aliphatic heterocycles. The molecule has 31 heavy (non-hydrogen) atoms. The summed E-state index contributed by atoms with van der Waals surface area (Å²) in [6.07, 6.45) is -1.63. The molecule has 9 heteroatoms. The van der Waals surface area contributed by atoms with E-state index in [1.54, 1.807) is 42.9 Å². The fourth-order valence-corrected chi connectivity index (χ4v) is 3.30. The molecule has 0 saturated heterocycles. The Morgan fingerprint density at radius 3 is 2.48 bits per heavy atom. The third-order valence-electron chi connectivity index (χ3n) is 4.86. The Labute approximate surface area is 183 Å². The Bertz CT molecular complexity index is 1170. The zero-order valence-corrected chi connectivity index (χ0v) is 17.9. The molecule has 0 saturated carbocycles. The van der Waals surface area contributed by atoms with E-state index in [-0.39, 0.29) is 16.3 Å². The third kappa shape index (κ3) is 4.69. The molecular formula is C22H21ClFN3O4. The largest absolute Gasteiger partial charge is 0.452 e. The van der Waals surface area contributed by atoms with Crippen molar-refractivity contribution in [3.8, 4) is 5.69 Å². The number of carbonyl (C=O) groups excluding carboxylic acids is 2. The zero-order chi connectivity index (χ0) is 22.7. The summed E-state index contributed by atoms with van der Waals surface area (Å²) in [6, 6.07) is 13.0. The molecule has 0 aliphatic rings. The van der Waals surface area contributed by atoms with Crippen LogP contribution in [-0.2, 0) is 27.8 Å². The van der Waals surface area contributed by atoms with Crippen LogP contribution in [0.2, 0.25) is 5.02 Å². The van der Waals surface area contributed by atoms with Gasteiger partial charge in [0.2, 0.25) is 0 Å². The quantitative estimate of drug-likeness (QED) is 0.589. The molecule has 3 aromatic rings. The number of hydrogen-bond donors (Lipinski definition) is 1. The number of nitrogens with zero attached hydrogens (tertiary/aromatic N) is 2. The van der Waals surface area contributed by atoms with Gasteiger partial charge in [-0.15, -0.1) is 0 Å². The van der Waals surface area contributed by atoms with Crippen molar-refractivity contribution in [2.24, 2.45) is 7.05 Å². The van der Waals surface area contributed by atoms with Gasteiger partial charge >= 0.3 is 5.97 Å². The number of carbonyl (C=O) groups is 2. The summed E-state index contributed by atoms with van der Waals surface area (Å²) in [6.45, 7) is 3.05. The van der Waals surface area contributed by atoms with Crippen LogP contribution in [0.15, 0.2) is 53.3 Å². The lowest BCUT2D eigenvalue weighted by molar-refractivity contribution is -0.152. The maximum atomic E-state index is 13.9. The van der Waals surface area contributed by atoms with E-state index in [9.17, 15) is 18.8 Å². The van der Waals surface area contributed by atoms with Crippen molar-refractivity contribution in [1.82, 2.24) is 9.36 Å². The highest BCUT2D eigenvalue weighted by Gasteiger charge is 2.24.